The van der Waals surface area contributed by atoms with Gasteiger partial charge < -0.3 is 11.1 Å². The van der Waals surface area contributed by atoms with Crippen LogP contribution in [0.3, 0.4) is 0 Å². The smallest absolute Gasteiger partial charge is 0.394 e. The quantitative estimate of drug-likeness (QED) is 0.837. The number of carbonyl (C=O) groups is 1. The number of anilines is 2. The van der Waals surface area contributed by atoms with E-state index in [9.17, 15) is 22.4 Å². The van der Waals surface area contributed by atoms with Crippen LogP contribution in [0.4, 0.5) is 29.1 Å². The number of rotatable bonds is 2. The van der Waals surface area contributed by atoms with E-state index in [0.717, 1.165) is 0 Å². The molecular formula is C12H10F4N4O. The Bertz CT molecular complexity index is 674. The maximum absolute atomic E-state index is 13.6. The van der Waals surface area contributed by atoms with E-state index in [2.05, 4.69) is 10.4 Å². The van der Waals surface area contributed by atoms with Crippen LogP contribution >= 0.6 is 0 Å². The second-order valence-electron chi connectivity index (χ2n) is 4.22. The second-order valence-corrected chi connectivity index (χ2v) is 4.22. The van der Waals surface area contributed by atoms with Gasteiger partial charge in [-0.3, -0.25) is 9.48 Å². The van der Waals surface area contributed by atoms with Gasteiger partial charge in [-0.05, 0) is 18.2 Å². The number of nitrogens with one attached hydrogen (secondary N) is 1. The number of hydrogen-bond acceptors (Lipinski definition) is 3. The van der Waals surface area contributed by atoms with E-state index in [1.54, 1.807) is 0 Å². The van der Waals surface area contributed by atoms with E-state index < -0.39 is 29.0 Å². The predicted molar refractivity (Wildman–Crippen MR) is 67.0 cm³/mol. The van der Waals surface area contributed by atoms with Crippen LogP contribution in [0, 0.1) is 5.82 Å². The molecule has 3 N–H and O–H groups in total. The molecule has 5 nitrogen and oxygen atoms in total. The lowest BCUT2D eigenvalue weighted by Crippen LogP contribution is -2.18. The Hall–Kier alpha value is -2.58. The first-order valence-corrected chi connectivity index (χ1v) is 5.65. The summed E-state index contributed by atoms with van der Waals surface area (Å²) in [5.74, 6) is -2.05. The number of nitrogen functional groups attached to an aromatic ring is 1. The minimum Gasteiger partial charge on any atom is -0.394 e. The fourth-order valence-electron chi connectivity index (χ4n) is 1.66. The van der Waals surface area contributed by atoms with E-state index in [1.165, 1.54) is 17.9 Å². The molecule has 2 aromatic rings. The van der Waals surface area contributed by atoms with E-state index in [0.29, 0.717) is 18.2 Å². The minimum absolute atomic E-state index is 0.0665. The number of halogens is 4. The summed E-state index contributed by atoms with van der Waals surface area (Å²) < 4.78 is 52.5. The molecule has 0 saturated carbocycles. The molecule has 9 heteroatoms. The van der Waals surface area contributed by atoms with Crippen molar-refractivity contribution in [1.29, 1.82) is 0 Å². The van der Waals surface area contributed by atoms with Crippen LogP contribution < -0.4 is 11.1 Å². The Labute approximate surface area is 116 Å². The van der Waals surface area contributed by atoms with Crippen molar-refractivity contribution < 1.29 is 22.4 Å². The first kappa shape index (κ1) is 14.8. The predicted octanol–water partition coefficient (Wildman–Crippen LogP) is 2.41. The summed E-state index contributed by atoms with van der Waals surface area (Å²) in [6.45, 7) is 0. The van der Waals surface area contributed by atoms with E-state index >= 15 is 0 Å². The summed E-state index contributed by atoms with van der Waals surface area (Å²) in [6.07, 6.45) is -3.42. The van der Waals surface area contributed by atoms with Crippen LogP contribution in [0.5, 0.6) is 0 Å². The Balaban J connectivity index is 2.35. The van der Waals surface area contributed by atoms with Gasteiger partial charge in [-0.2, -0.15) is 18.3 Å². The van der Waals surface area contributed by atoms with Crippen LogP contribution in [-0.2, 0) is 13.2 Å². The van der Waals surface area contributed by atoms with Crippen LogP contribution in [-0.4, -0.2) is 15.7 Å². The zero-order chi connectivity index (χ0) is 15.8. The maximum atomic E-state index is 13.6. The SMILES string of the molecule is Cn1ncc(N)c1NC(=O)c1cc(C(F)(F)F)ccc1F. The van der Waals surface area contributed by atoms with Crippen LogP contribution in [0.25, 0.3) is 0 Å². The van der Waals surface area contributed by atoms with Crippen LogP contribution in [0.2, 0.25) is 0 Å². The van der Waals surface area contributed by atoms with Crippen molar-refractivity contribution in [2.45, 2.75) is 6.18 Å². The van der Waals surface area contributed by atoms with Gasteiger partial charge >= 0.3 is 6.18 Å². The highest BCUT2D eigenvalue weighted by Crippen LogP contribution is 2.30. The molecule has 1 heterocycles. The Morgan fingerprint density at radius 2 is 2.05 bits per heavy atom. The Morgan fingerprint density at radius 1 is 1.38 bits per heavy atom. The summed E-state index contributed by atoms with van der Waals surface area (Å²) in [5.41, 5.74) is 3.79. The molecule has 0 aliphatic carbocycles. The van der Waals surface area contributed by atoms with Crippen molar-refractivity contribution >= 4 is 17.4 Å². The van der Waals surface area contributed by atoms with Crippen molar-refractivity contribution in [3.63, 3.8) is 0 Å². The molecule has 112 valence electrons. The average Bonchev–Trinajstić information content (AvgIpc) is 2.69. The zero-order valence-corrected chi connectivity index (χ0v) is 10.7. The van der Waals surface area contributed by atoms with Gasteiger partial charge in [-0.15, -0.1) is 0 Å². The van der Waals surface area contributed by atoms with Crippen molar-refractivity contribution in [2.75, 3.05) is 11.1 Å². The molecule has 1 amide bonds. The molecule has 0 fully saturated rings. The number of nitrogens with two attached hydrogens (primary N) is 1. The molecule has 0 spiro atoms. The highest BCUT2D eigenvalue weighted by molar-refractivity contribution is 6.05. The summed E-state index contributed by atoms with van der Waals surface area (Å²) in [5, 5.41) is 5.97. The first-order chi connectivity index (χ1) is 9.70. The van der Waals surface area contributed by atoms with Gasteiger partial charge in [0.2, 0.25) is 0 Å². The lowest BCUT2D eigenvalue weighted by Gasteiger charge is -2.10. The number of benzene rings is 1. The number of carbonyl (C=O) groups excluding carboxylic acids is 1. The van der Waals surface area contributed by atoms with Gasteiger partial charge in [0.1, 0.15) is 5.82 Å². The van der Waals surface area contributed by atoms with Crippen LogP contribution in [0.15, 0.2) is 24.4 Å². The molecule has 1 aromatic carbocycles. The molecular weight excluding hydrogens is 292 g/mol. The first-order valence-electron chi connectivity index (χ1n) is 5.65. The largest absolute Gasteiger partial charge is 0.416 e. The van der Waals surface area contributed by atoms with Crippen molar-refractivity contribution in [1.82, 2.24) is 9.78 Å². The summed E-state index contributed by atoms with van der Waals surface area (Å²) >= 11 is 0. The second kappa shape index (κ2) is 5.08. The van der Waals surface area contributed by atoms with Crippen molar-refractivity contribution in [3.05, 3.63) is 41.3 Å². The highest BCUT2D eigenvalue weighted by atomic mass is 19.4. The average molecular weight is 302 g/mol. The standard InChI is InChI=1S/C12H10F4N4O/c1-20-10(9(17)5-18-20)19-11(21)7-4-6(12(14,15)16)2-3-8(7)13/h2-5H,17H2,1H3,(H,19,21). The third-order valence-electron chi connectivity index (χ3n) is 2.74. The van der Waals surface area contributed by atoms with Crippen molar-refractivity contribution in [3.8, 4) is 0 Å². The molecule has 0 unspecified atom stereocenters. The summed E-state index contributed by atoms with van der Waals surface area (Å²) in [4.78, 5) is 11.9. The van der Waals surface area contributed by atoms with E-state index in [1.807, 2.05) is 0 Å². The molecule has 21 heavy (non-hydrogen) atoms. The third-order valence-corrected chi connectivity index (χ3v) is 2.74. The maximum Gasteiger partial charge on any atom is 0.416 e. The molecule has 0 radical (unpaired) electrons. The molecule has 2 rings (SSSR count). The molecule has 0 saturated heterocycles. The van der Waals surface area contributed by atoms with Gasteiger partial charge in [-0.1, -0.05) is 0 Å². The van der Waals surface area contributed by atoms with Crippen LogP contribution in [0.1, 0.15) is 15.9 Å². The van der Waals surface area contributed by atoms with Gasteiger partial charge in [0.15, 0.2) is 5.82 Å². The Kier molecular flexibility index (Phi) is 3.58. The summed E-state index contributed by atoms with van der Waals surface area (Å²) in [7, 11) is 1.47. The minimum atomic E-state index is -4.67. The fourth-order valence-corrected chi connectivity index (χ4v) is 1.66. The lowest BCUT2D eigenvalue weighted by atomic mass is 10.1. The zero-order valence-electron chi connectivity index (χ0n) is 10.7. The number of aromatic nitrogens is 2. The molecule has 0 bridgehead atoms. The lowest BCUT2D eigenvalue weighted by molar-refractivity contribution is -0.137. The highest BCUT2D eigenvalue weighted by Gasteiger charge is 2.32. The number of nitrogens with zero attached hydrogens (tertiary/aromatic N) is 2. The normalized spacial score (nSPS) is 11.5. The van der Waals surface area contributed by atoms with Gasteiger partial charge in [0, 0.05) is 7.05 Å². The summed E-state index contributed by atoms with van der Waals surface area (Å²) in [6, 6.07) is 1.59. The number of hydrogen-bond donors (Lipinski definition) is 2. The topological polar surface area (TPSA) is 72.9 Å². The van der Waals surface area contributed by atoms with Gasteiger partial charge in [-0.25, -0.2) is 4.39 Å². The molecule has 0 atom stereocenters. The number of aryl methyl sites for hydroxylation is 1. The van der Waals surface area contributed by atoms with Gasteiger partial charge in [0.05, 0.1) is 23.0 Å². The molecule has 1 aromatic heterocycles. The molecule has 0 aliphatic heterocycles. The van der Waals surface area contributed by atoms with E-state index in [4.69, 9.17) is 5.73 Å². The molecule has 0 aliphatic rings. The van der Waals surface area contributed by atoms with Gasteiger partial charge in [0.25, 0.3) is 5.91 Å². The fraction of sp³-hybridized carbons (Fsp3) is 0.167. The number of amides is 1. The van der Waals surface area contributed by atoms with E-state index in [-0.39, 0.29) is 11.5 Å². The number of alkyl halides is 3. The third kappa shape index (κ3) is 2.96. The monoisotopic (exact) mass is 302 g/mol. The Morgan fingerprint density at radius 3 is 2.57 bits per heavy atom. The van der Waals surface area contributed by atoms with Crippen molar-refractivity contribution in [2.24, 2.45) is 7.05 Å².